The normalized spacial score (nSPS) is 11.1. The van der Waals surface area contributed by atoms with Gasteiger partial charge in [0.1, 0.15) is 16.4 Å². The molecular weight excluding hydrogens is 392 g/mol. The van der Waals surface area contributed by atoms with Crippen LogP contribution < -0.4 is 19.5 Å². The molecule has 0 unspecified atom stereocenters. The second-order valence-electron chi connectivity index (χ2n) is 5.57. The quantitative estimate of drug-likeness (QED) is 0.693. The highest BCUT2D eigenvalue weighted by Crippen LogP contribution is 2.28. The fourth-order valence-corrected chi connectivity index (χ4v) is 3.87. The van der Waals surface area contributed by atoms with Gasteiger partial charge in [0.15, 0.2) is 0 Å². The Balaban J connectivity index is 2.31. The van der Waals surface area contributed by atoms with Crippen LogP contribution in [-0.4, -0.2) is 35.1 Å². The van der Waals surface area contributed by atoms with Crippen LogP contribution in [0.2, 0.25) is 5.02 Å². The third-order valence-electron chi connectivity index (χ3n) is 3.67. The zero-order chi connectivity index (χ0) is 20.0. The molecule has 0 aliphatic carbocycles. The molecule has 9 heteroatoms. The molecule has 0 fully saturated rings. The molecule has 0 aliphatic heterocycles. The Morgan fingerprint density at radius 2 is 1.74 bits per heavy atom. The maximum absolute atomic E-state index is 12.5. The summed E-state index contributed by atoms with van der Waals surface area (Å²) in [6.45, 7) is 2.13. The second kappa shape index (κ2) is 9.07. The van der Waals surface area contributed by atoms with Crippen LogP contribution in [0, 0.1) is 0 Å². The average Bonchev–Trinajstić information content (AvgIpc) is 2.66. The van der Waals surface area contributed by atoms with E-state index in [1.165, 1.54) is 32.4 Å². The fourth-order valence-electron chi connectivity index (χ4n) is 2.29. The number of nitrogens with one attached hydrogen (secondary N) is 2. The number of hydrogen-bond acceptors (Lipinski definition) is 5. The Morgan fingerprint density at radius 3 is 2.33 bits per heavy atom. The lowest BCUT2D eigenvalue weighted by atomic mass is 10.2. The lowest BCUT2D eigenvalue weighted by Gasteiger charge is -2.13. The van der Waals surface area contributed by atoms with Gasteiger partial charge in [0, 0.05) is 17.8 Å². The first-order valence-corrected chi connectivity index (χ1v) is 10.0. The Morgan fingerprint density at radius 1 is 1.07 bits per heavy atom. The lowest BCUT2D eigenvalue weighted by Crippen LogP contribution is -2.25. The molecule has 0 spiro atoms. The Labute approximate surface area is 163 Å². The highest BCUT2D eigenvalue weighted by molar-refractivity contribution is 7.89. The molecule has 2 rings (SSSR count). The number of anilines is 1. The molecule has 146 valence electrons. The SMILES string of the molecule is CCCNS(=O)(=O)c1cc(C(=O)Nc2ccc(OC)c(Cl)c2)ccc1OC. The van der Waals surface area contributed by atoms with E-state index in [0.29, 0.717) is 22.9 Å². The van der Waals surface area contributed by atoms with Crippen molar-refractivity contribution in [3.8, 4) is 11.5 Å². The van der Waals surface area contributed by atoms with Gasteiger partial charge in [0.25, 0.3) is 5.91 Å². The van der Waals surface area contributed by atoms with Crippen molar-refractivity contribution in [2.45, 2.75) is 18.2 Å². The number of hydrogen-bond donors (Lipinski definition) is 2. The molecule has 0 saturated carbocycles. The van der Waals surface area contributed by atoms with Crippen LogP contribution in [0.15, 0.2) is 41.3 Å². The summed E-state index contributed by atoms with van der Waals surface area (Å²) in [5.41, 5.74) is 0.620. The van der Waals surface area contributed by atoms with Gasteiger partial charge in [-0.15, -0.1) is 0 Å². The minimum atomic E-state index is -3.80. The maximum Gasteiger partial charge on any atom is 0.255 e. The smallest absolute Gasteiger partial charge is 0.255 e. The molecule has 0 bridgehead atoms. The molecule has 0 radical (unpaired) electrons. The van der Waals surface area contributed by atoms with Gasteiger partial charge in [-0.3, -0.25) is 4.79 Å². The molecule has 0 heterocycles. The van der Waals surface area contributed by atoms with E-state index in [9.17, 15) is 13.2 Å². The minimum absolute atomic E-state index is 0.0983. The maximum atomic E-state index is 12.5. The number of methoxy groups -OCH3 is 2. The van der Waals surface area contributed by atoms with E-state index in [-0.39, 0.29) is 22.8 Å². The fraction of sp³-hybridized carbons (Fsp3) is 0.278. The number of ether oxygens (including phenoxy) is 2. The zero-order valence-corrected chi connectivity index (χ0v) is 16.8. The van der Waals surface area contributed by atoms with Gasteiger partial charge < -0.3 is 14.8 Å². The minimum Gasteiger partial charge on any atom is -0.495 e. The first-order valence-electron chi connectivity index (χ1n) is 8.15. The predicted molar refractivity (Wildman–Crippen MR) is 104 cm³/mol. The van der Waals surface area contributed by atoms with Crippen molar-refractivity contribution in [2.24, 2.45) is 0 Å². The summed E-state index contributed by atoms with van der Waals surface area (Å²) >= 11 is 6.05. The van der Waals surface area contributed by atoms with Crippen LogP contribution in [0.3, 0.4) is 0 Å². The molecule has 1 amide bonds. The summed E-state index contributed by atoms with van der Waals surface area (Å²) in [6, 6.07) is 9.00. The third kappa shape index (κ3) is 5.12. The van der Waals surface area contributed by atoms with Gasteiger partial charge in [-0.05, 0) is 42.8 Å². The first kappa shape index (κ1) is 21.0. The van der Waals surface area contributed by atoms with Gasteiger partial charge >= 0.3 is 0 Å². The molecule has 0 aliphatic rings. The molecule has 2 N–H and O–H groups in total. The first-order chi connectivity index (χ1) is 12.8. The highest BCUT2D eigenvalue weighted by atomic mass is 35.5. The standard InChI is InChI=1S/C18H21ClN2O5S/c1-4-9-20-27(23,24)17-10-12(5-7-16(17)26-3)18(22)21-13-6-8-15(25-2)14(19)11-13/h5-8,10-11,20H,4,9H2,1-3H3,(H,21,22). The van der Waals surface area contributed by atoms with E-state index >= 15 is 0 Å². The summed E-state index contributed by atoms with van der Waals surface area (Å²) < 4.78 is 37.6. The molecule has 7 nitrogen and oxygen atoms in total. The van der Waals surface area contributed by atoms with Crippen LogP contribution >= 0.6 is 11.6 Å². The monoisotopic (exact) mass is 412 g/mol. The predicted octanol–water partition coefficient (Wildman–Crippen LogP) is 3.30. The Kier molecular flexibility index (Phi) is 7.06. The summed E-state index contributed by atoms with van der Waals surface area (Å²) in [4.78, 5) is 12.4. The van der Waals surface area contributed by atoms with Crippen LogP contribution in [0.1, 0.15) is 23.7 Å². The van der Waals surface area contributed by atoms with Crippen molar-refractivity contribution in [2.75, 3.05) is 26.1 Å². The average molecular weight is 413 g/mol. The molecular formula is C18H21ClN2O5S. The van der Waals surface area contributed by atoms with Crippen molar-refractivity contribution in [3.05, 3.63) is 47.0 Å². The number of amides is 1. The zero-order valence-electron chi connectivity index (χ0n) is 15.2. The lowest BCUT2D eigenvalue weighted by molar-refractivity contribution is 0.102. The Bertz CT molecular complexity index is 931. The topological polar surface area (TPSA) is 93.7 Å². The van der Waals surface area contributed by atoms with E-state index in [1.54, 1.807) is 18.2 Å². The van der Waals surface area contributed by atoms with E-state index in [0.717, 1.165) is 0 Å². The van der Waals surface area contributed by atoms with Crippen molar-refractivity contribution in [1.29, 1.82) is 0 Å². The molecule has 0 atom stereocenters. The highest BCUT2D eigenvalue weighted by Gasteiger charge is 2.21. The third-order valence-corrected chi connectivity index (χ3v) is 5.44. The Hall–Kier alpha value is -2.29. The number of halogens is 1. The van der Waals surface area contributed by atoms with E-state index in [1.807, 2.05) is 6.92 Å². The van der Waals surface area contributed by atoms with Gasteiger partial charge in [0.2, 0.25) is 10.0 Å². The van der Waals surface area contributed by atoms with Crippen molar-refractivity contribution in [3.63, 3.8) is 0 Å². The van der Waals surface area contributed by atoms with Crippen LogP contribution in [-0.2, 0) is 10.0 Å². The summed E-state index contributed by atoms with van der Waals surface area (Å²) in [5, 5.41) is 3.02. The van der Waals surface area contributed by atoms with Crippen LogP contribution in [0.25, 0.3) is 0 Å². The number of carbonyl (C=O) groups excluding carboxylic acids is 1. The van der Waals surface area contributed by atoms with Gasteiger partial charge in [-0.1, -0.05) is 18.5 Å². The summed E-state index contributed by atoms with van der Waals surface area (Å²) in [7, 11) is -0.943. The van der Waals surface area contributed by atoms with Crippen molar-refractivity contribution in [1.82, 2.24) is 4.72 Å². The largest absolute Gasteiger partial charge is 0.495 e. The van der Waals surface area contributed by atoms with E-state index in [4.69, 9.17) is 21.1 Å². The molecule has 27 heavy (non-hydrogen) atoms. The molecule has 2 aromatic carbocycles. The van der Waals surface area contributed by atoms with E-state index in [2.05, 4.69) is 10.0 Å². The van der Waals surface area contributed by atoms with Gasteiger partial charge in [-0.2, -0.15) is 0 Å². The molecule has 2 aromatic rings. The number of benzene rings is 2. The summed E-state index contributed by atoms with van der Waals surface area (Å²) in [6.07, 6.45) is 0.639. The molecule has 0 saturated heterocycles. The van der Waals surface area contributed by atoms with Crippen molar-refractivity contribution < 1.29 is 22.7 Å². The second-order valence-corrected chi connectivity index (χ2v) is 7.71. The van der Waals surface area contributed by atoms with E-state index < -0.39 is 15.9 Å². The van der Waals surface area contributed by atoms with Crippen LogP contribution in [0.5, 0.6) is 11.5 Å². The summed E-state index contributed by atoms with van der Waals surface area (Å²) in [5.74, 6) is 0.156. The number of sulfonamides is 1. The number of rotatable bonds is 8. The van der Waals surface area contributed by atoms with Gasteiger partial charge in [-0.25, -0.2) is 13.1 Å². The molecule has 0 aromatic heterocycles. The number of carbonyl (C=O) groups is 1. The van der Waals surface area contributed by atoms with Crippen molar-refractivity contribution >= 4 is 33.2 Å². The van der Waals surface area contributed by atoms with Gasteiger partial charge in [0.05, 0.1) is 19.2 Å². The van der Waals surface area contributed by atoms with Crippen LogP contribution in [0.4, 0.5) is 5.69 Å².